The van der Waals surface area contributed by atoms with Gasteiger partial charge in [-0.15, -0.1) is 0 Å². The zero-order valence-electron chi connectivity index (χ0n) is 14.1. The molecule has 0 radical (unpaired) electrons. The van der Waals surface area contributed by atoms with Crippen LogP contribution in [0.4, 0.5) is 0 Å². The summed E-state index contributed by atoms with van der Waals surface area (Å²) in [5.41, 5.74) is 5.93. The second kappa shape index (κ2) is 4.58. The average molecular weight is 341 g/mol. The van der Waals surface area contributed by atoms with Crippen molar-refractivity contribution in [1.82, 2.24) is 15.3 Å². The van der Waals surface area contributed by atoms with E-state index in [-0.39, 0.29) is 5.91 Å². The van der Waals surface area contributed by atoms with Crippen molar-refractivity contribution in [3.8, 4) is 5.75 Å². The van der Waals surface area contributed by atoms with Gasteiger partial charge < -0.3 is 20.0 Å². The maximum absolute atomic E-state index is 12.7. The van der Waals surface area contributed by atoms with Crippen LogP contribution in [-0.2, 0) is 6.54 Å². The number of hydrogen-bond acceptors (Lipinski definition) is 2. The fourth-order valence-electron chi connectivity index (χ4n) is 4.35. The maximum Gasteiger partial charge on any atom is 0.252 e. The number of amides is 1. The molecule has 0 atom stereocenters. The molecule has 1 aliphatic heterocycles. The lowest BCUT2D eigenvalue weighted by atomic mass is 9.97. The Labute approximate surface area is 147 Å². The number of hydrogen-bond donors (Lipinski definition) is 3. The van der Waals surface area contributed by atoms with Gasteiger partial charge >= 0.3 is 0 Å². The van der Waals surface area contributed by atoms with E-state index in [2.05, 4.69) is 21.4 Å². The number of benzene rings is 3. The maximum atomic E-state index is 12.7. The third-order valence-corrected chi connectivity index (χ3v) is 5.47. The molecule has 0 saturated carbocycles. The minimum Gasteiger partial charge on any atom is -0.497 e. The minimum atomic E-state index is -0.00565. The highest BCUT2D eigenvalue weighted by Gasteiger charge is 2.29. The summed E-state index contributed by atoms with van der Waals surface area (Å²) in [5, 5.41) is 7.25. The first-order valence-electron chi connectivity index (χ1n) is 8.59. The van der Waals surface area contributed by atoms with E-state index in [9.17, 15) is 4.79 Å². The molecule has 0 bridgehead atoms. The molecule has 3 heterocycles. The van der Waals surface area contributed by atoms with E-state index in [4.69, 9.17) is 4.74 Å². The third-order valence-electron chi connectivity index (χ3n) is 5.47. The molecule has 2 aromatic heterocycles. The van der Waals surface area contributed by atoms with Gasteiger partial charge in [0.15, 0.2) is 0 Å². The van der Waals surface area contributed by atoms with Gasteiger partial charge in [0, 0.05) is 39.1 Å². The number of para-hydroxylation sites is 1. The fraction of sp³-hybridized carbons (Fsp3) is 0.0952. The highest BCUT2D eigenvalue weighted by Crippen LogP contribution is 2.42. The summed E-state index contributed by atoms with van der Waals surface area (Å²) in [6.07, 6.45) is 0. The van der Waals surface area contributed by atoms with Crippen LogP contribution in [0.15, 0.2) is 42.5 Å². The smallest absolute Gasteiger partial charge is 0.252 e. The molecule has 126 valence electrons. The third kappa shape index (κ3) is 1.53. The molecule has 5 heteroatoms. The molecule has 0 saturated heterocycles. The summed E-state index contributed by atoms with van der Waals surface area (Å²) >= 11 is 0. The van der Waals surface area contributed by atoms with Crippen molar-refractivity contribution in [2.75, 3.05) is 7.11 Å². The van der Waals surface area contributed by atoms with E-state index < -0.39 is 0 Å². The Hall–Kier alpha value is -3.47. The Balaban J connectivity index is 1.94. The van der Waals surface area contributed by atoms with Crippen LogP contribution in [0.2, 0.25) is 0 Å². The number of methoxy groups -OCH3 is 1. The van der Waals surface area contributed by atoms with Crippen molar-refractivity contribution < 1.29 is 9.53 Å². The fourth-order valence-corrected chi connectivity index (χ4v) is 4.35. The van der Waals surface area contributed by atoms with Crippen LogP contribution in [0, 0.1) is 0 Å². The van der Waals surface area contributed by atoms with Crippen molar-refractivity contribution in [2.45, 2.75) is 6.54 Å². The van der Waals surface area contributed by atoms with Crippen molar-refractivity contribution in [3.63, 3.8) is 0 Å². The van der Waals surface area contributed by atoms with Crippen LogP contribution < -0.4 is 10.1 Å². The first-order chi connectivity index (χ1) is 12.8. The van der Waals surface area contributed by atoms with Gasteiger partial charge in [-0.3, -0.25) is 4.79 Å². The van der Waals surface area contributed by atoms with E-state index in [1.54, 1.807) is 7.11 Å². The van der Waals surface area contributed by atoms with Gasteiger partial charge in [0.1, 0.15) is 5.75 Å². The number of carbonyl (C=O) groups is 1. The van der Waals surface area contributed by atoms with Gasteiger partial charge in [0.05, 0.1) is 23.7 Å². The summed E-state index contributed by atoms with van der Waals surface area (Å²) in [6.45, 7) is 0.546. The van der Waals surface area contributed by atoms with Crippen molar-refractivity contribution >= 4 is 49.5 Å². The molecule has 0 fully saturated rings. The highest BCUT2D eigenvalue weighted by molar-refractivity contribution is 6.30. The number of nitrogens with one attached hydrogen (secondary N) is 3. The number of carbonyl (C=O) groups excluding carboxylic acids is 1. The first-order valence-corrected chi connectivity index (χ1v) is 8.59. The molecule has 0 unspecified atom stereocenters. The number of ether oxygens (including phenoxy) is 1. The summed E-state index contributed by atoms with van der Waals surface area (Å²) in [4.78, 5) is 19.8. The number of aromatic nitrogens is 2. The number of fused-ring (bicyclic) bond motifs is 10. The lowest BCUT2D eigenvalue weighted by Crippen LogP contribution is -2.12. The standard InChI is InChI=1S/C21H15N3O2/c1-26-10-6-7-15-12(8-10)16-13-9-22-21(25)18(13)17-11-4-2-3-5-14(11)23-20(17)19(16)24-15/h2-8,23-24H,9H2,1H3,(H,22,25). The number of aromatic amines is 2. The summed E-state index contributed by atoms with van der Waals surface area (Å²) in [5.74, 6) is 0.801. The van der Waals surface area contributed by atoms with Gasteiger partial charge in [-0.05, 0) is 29.8 Å². The van der Waals surface area contributed by atoms with Gasteiger partial charge in [-0.1, -0.05) is 18.2 Å². The molecule has 3 aromatic carbocycles. The molecule has 5 nitrogen and oxygen atoms in total. The van der Waals surface area contributed by atoms with Crippen LogP contribution in [0.25, 0.3) is 43.6 Å². The summed E-state index contributed by atoms with van der Waals surface area (Å²) in [7, 11) is 1.67. The van der Waals surface area contributed by atoms with Gasteiger partial charge in [-0.25, -0.2) is 0 Å². The molecular weight excluding hydrogens is 326 g/mol. The van der Waals surface area contributed by atoms with Crippen molar-refractivity contribution in [3.05, 3.63) is 53.6 Å². The predicted octanol–water partition coefficient (Wildman–Crippen LogP) is 4.21. The second-order valence-corrected chi connectivity index (χ2v) is 6.74. The Morgan fingerprint density at radius 2 is 1.69 bits per heavy atom. The molecule has 1 aliphatic rings. The average Bonchev–Trinajstić information content (AvgIpc) is 3.33. The highest BCUT2D eigenvalue weighted by atomic mass is 16.5. The SMILES string of the molecule is COc1ccc2[nH]c3c4[nH]c5ccccc5c4c4c(c3c2c1)CNC4=O. The zero-order valence-corrected chi connectivity index (χ0v) is 14.1. The Kier molecular flexibility index (Phi) is 2.43. The first kappa shape index (κ1) is 13.8. The van der Waals surface area contributed by atoms with E-state index in [1.165, 1.54) is 0 Å². The Morgan fingerprint density at radius 3 is 2.54 bits per heavy atom. The minimum absolute atomic E-state index is 0.00565. The summed E-state index contributed by atoms with van der Waals surface area (Å²) < 4.78 is 5.41. The lowest BCUT2D eigenvalue weighted by molar-refractivity contribution is 0.0967. The van der Waals surface area contributed by atoms with E-state index in [0.717, 1.165) is 60.5 Å². The molecule has 0 spiro atoms. The van der Waals surface area contributed by atoms with Crippen molar-refractivity contribution in [2.24, 2.45) is 0 Å². The Morgan fingerprint density at radius 1 is 0.923 bits per heavy atom. The molecule has 3 N–H and O–H groups in total. The molecule has 1 amide bonds. The molecule has 26 heavy (non-hydrogen) atoms. The number of rotatable bonds is 1. The largest absolute Gasteiger partial charge is 0.497 e. The van der Waals surface area contributed by atoms with Crippen LogP contribution >= 0.6 is 0 Å². The second-order valence-electron chi connectivity index (χ2n) is 6.74. The Bertz CT molecular complexity index is 1390. The molecule has 6 rings (SSSR count). The normalized spacial score (nSPS) is 13.8. The van der Waals surface area contributed by atoms with Crippen LogP contribution in [0.1, 0.15) is 15.9 Å². The van der Waals surface area contributed by atoms with Gasteiger partial charge in [0.2, 0.25) is 0 Å². The van der Waals surface area contributed by atoms with Crippen molar-refractivity contribution in [1.29, 1.82) is 0 Å². The zero-order chi connectivity index (χ0) is 17.4. The number of H-pyrrole nitrogens is 2. The summed E-state index contributed by atoms with van der Waals surface area (Å²) in [6, 6.07) is 14.1. The van der Waals surface area contributed by atoms with Gasteiger partial charge in [-0.2, -0.15) is 0 Å². The quantitative estimate of drug-likeness (QED) is 0.427. The van der Waals surface area contributed by atoms with E-state index in [1.807, 2.05) is 36.4 Å². The van der Waals surface area contributed by atoms with Gasteiger partial charge in [0.25, 0.3) is 5.91 Å². The van der Waals surface area contributed by atoms with Crippen LogP contribution in [0.5, 0.6) is 5.75 Å². The topological polar surface area (TPSA) is 69.9 Å². The lowest BCUT2D eigenvalue weighted by Gasteiger charge is -2.04. The molecular formula is C21H15N3O2. The predicted molar refractivity (Wildman–Crippen MR) is 103 cm³/mol. The molecule has 5 aromatic rings. The van der Waals surface area contributed by atoms with Crippen LogP contribution in [-0.4, -0.2) is 23.0 Å². The van der Waals surface area contributed by atoms with Crippen LogP contribution in [0.3, 0.4) is 0 Å². The monoisotopic (exact) mass is 341 g/mol. The van der Waals surface area contributed by atoms with E-state index >= 15 is 0 Å². The van der Waals surface area contributed by atoms with E-state index in [0.29, 0.717) is 6.54 Å². The molecule has 0 aliphatic carbocycles.